The predicted octanol–water partition coefficient (Wildman–Crippen LogP) is 1.21. The second-order valence-corrected chi connectivity index (χ2v) is 7.22. The van der Waals surface area contributed by atoms with Crippen LogP contribution in [0.5, 0.6) is 0 Å². The first-order valence-corrected chi connectivity index (χ1v) is 9.03. The van der Waals surface area contributed by atoms with E-state index < -0.39 is 5.56 Å². The molecule has 4 heterocycles. The normalized spacial score (nSPS) is 23.4. The first kappa shape index (κ1) is 15.7. The van der Waals surface area contributed by atoms with Crippen LogP contribution in [-0.4, -0.2) is 46.8 Å². The molecule has 2 fully saturated rings. The number of aromatic nitrogens is 2. The van der Waals surface area contributed by atoms with Crippen LogP contribution in [0.1, 0.15) is 36.2 Å². The van der Waals surface area contributed by atoms with Gasteiger partial charge in [-0.2, -0.15) is 4.98 Å². The zero-order chi connectivity index (χ0) is 16.6. The molecule has 2 aromatic heterocycles. The van der Waals surface area contributed by atoms with E-state index in [4.69, 9.17) is 9.47 Å². The topological polar surface area (TPSA) is 81.9 Å². The lowest BCUT2D eigenvalue weighted by molar-refractivity contribution is -0.139. The Labute approximate surface area is 142 Å². The lowest BCUT2D eigenvalue weighted by Gasteiger charge is -2.43. The molecule has 0 unspecified atom stereocenters. The average Bonchev–Trinajstić information content (AvgIpc) is 3.03. The van der Waals surface area contributed by atoms with Crippen molar-refractivity contribution in [1.29, 1.82) is 0 Å². The maximum absolute atomic E-state index is 12.7. The van der Waals surface area contributed by atoms with Crippen LogP contribution in [0.3, 0.4) is 0 Å². The van der Waals surface area contributed by atoms with Gasteiger partial charge in [-0.15, -0.1) is 11.3 Å². The molecule has 8 heteroatoms. The van der Waals surface area contributed by atoms with Gasteiger partial charge < -0.3 is 14.8 Å². The van der Waals surface area contributed by atoms with Crippen LogP contribution in [0, 0.1) is 0 Å². The summed E-state index contributed by atoms with van der Waals surface area (Å²) >= 11 is 1.33. The van der Waals surface area contributed by atoms with Crippen LogP contribution in [-0.2, 0) is 9.47 Å². The lowest BCUT2D eigenvalue weighted by atomic mass is 9.84. The largest absolute Gasteiger partial charge is 0.381 e. The molecule has 2 aliphatic heterocycles. The molecular formula is C16H19N3O4S. The summed E-state index contributed by atoms with van der Waals surface area (Å²) < 4.78 is 13.1. The third-order valence-electron chi connectivity index (χ3n) is 4.78. The minimum absolute atomic E-state index is 0.0434. The average molecular weight is 349 g/mol. The number of nitrogens with zero attached hydrogens (tertiary/aromatic N) is 2. The van der Waals surface area contributed by atoms with Crippen LogP contribution in [0.15, 0.2) is 22.4 Å². The highest BCUT2D eigenvalue weighted by molar-refractivity contribution is 7.15. The van der Waals surface area contributed by atoms with E-state index in [-0.39, 0.29) is 17.6 Å². The third kappa shape index (κ3) is 2.97. The molecule has 4 rings (SSSR count). The molecule has 2 aromatic rings. The number of hydrogen-bond donors (Lipinski definition) is 1. The Morgan fingerprint density at radius 1 is 1.38 bits per heavy atom. The molecule has 0 aliphatic carbocycles. The number of rotatable bonds is 2. The van der Waals surface area contributed by atoms with Crippen LogP contribution in [0.2, 0.25) is 0 Å². The van der Waals surface area contributed by atoms with Gasteiger partial charge in [-0.3, -0.25) is 14.0 Å². The van der Waals surface area contributed by atoms with Crippen molar-refractivity contribution in [3.05, 3.63) is 33.7 Å². The number of carbonyl (C=O) groups is 1. The molecule has 0 bridgehead atoms. The SMILES string of the molecule is O=C(N[C@@H]1CCOC2(CCOCC2)C1)c1cc(=O)nc2sccn12. The van der Waals surface area contributed by atoms with Crippen molar-refractivity contribution in [2.45, 2.75) is 37.3 Å². The smallest absolute Gasteiger partial charge is 0.274 e. The highest BCUT2D eigenvalue weighted by Gasteiger charge is 2.39. The first-order valence-electron chi connectivity index (χ1n) is 8.15. The molecule has 1 spiro atoms. The van der Waals surface area contributed by atoms with E-state index in [9.17, 15) is 9.59 Å². The van der Waals surface area contributed by atoms with Crippen molar-refractivity contribution in [3.63, 3.8) is 0 Å². The standard InChI is InChI=1S/C16H19N3O4S/c20-13-9-12(19-4-8-24-15(19)18-13)14(21)17-11-1-5-23-16(10-11)2-6-22-7-3-16/h4,8-9,11H,1-3,5-7,10H2,(H,17,21)/t11-/m1/s1. The van der Waals surface area contributed by atoms with Gasteiger partial charge >= 0.3 is 0 Å². The first-order chi connectivity index (χ1) is 11.7. The van der Waals surface area contributed by atoms with E-state index in [1.165, 1.54) is 17.4 Å². The monoisotopic (exact) mass is 349 g/mol. The molecule has 1 amide bonds. The van der Waals surface area contributed by atoms with Crippen LogP contribution in [0.25, 0.3) is 4.96 Å². The molecule has 24 heavy (non-hydrogen) atoms. The van der Waals surface area contributed by atoms with Gasteiger partial charge in [0, 0.05) is 43.5 Å². The number of hydrogen-bond acceptors (Lipinski definition) is 6. The Bertz CT molecular complexity index is 803. The predicted molar refractivity (Wildman–Crippen MR) is 88.6 cm³/mol. The van der Waals surface area contributed by atoms with E-state index >= 15 is 0 Å². The maximum Gasteiger partial charge on any atom is 0.274 e. The zero-order valence-corrected chi connectivity index (χ0v) is 14.0. The molecule has 0 aromatic carbocycles. The van der Waals surface area contributed by atoms with Gasteiger partial charge in [0.1, 0.15) is 5.69 Å². The fourth-order valence-electron chi connectivity index (χ4n) is 3.53. The molecule has 7 nitrogen and oxygen atoms in total. The molecule has 0 saturated carbocycles. The Balaban J connectivity index is 1.53. The zero-order valence-electron chi connectivity index (χ0n) is 13.2. The van der Waals surface area contributed by atoms with Gasteiger partial charge in [-0.1, -0.05) is 0 Å². The molecule has 1 atom stereocenters. The number of nitrogens with one attached hydrogen (secondary N) is 1. The number of amides is 1. The Morgan fingerprint density at radius 2 is 2.21 bits per heavy atom. The summed E-state index contributed by atoms with van der Waals surface area (Å²) in [6.07, 6.45) is 5.05. The minimum atomic E-state index is -0.393. The number of carbonyl (C=O) groups excluding carboxylic acids is 1. The summed E-state index contributed by atoms with van der Waals surface area (Å²) in [5.74, 6) is -0.239. The summed E-state index contributed by atoms with van der Waals surface area (Å²) in [5, 5.41) is 4.88. The summed E-state index contributed by atoms with van der Waals surface area (Å²) in [6.45, 7) is 2.04. The van der Waals surface area contributed by atoms with Crippen molar-refractivity contribution >= 4 is 22.2 Å². The number of fused-ring (bicyclic) bond motifs is 1. The van der Waals surface area contributed by atoms with Gasteiger partial charge in [0.25, 0.3) is 11.5 Å². The van der Waals surface area contributed by atoms with Crippen molar-refractivity contribution in [3.8, 4) is 0 Å². The summed E-state index contributed by atoms with van der Waals surface area (Å²) in [5.41, 5.74) is -0.240. The van der Waals surface area contributed by atoms with Gasteiger partial charge in [0.2, 0.25) is 0 Å². The molecule has 1 N–H and O–H groups in total. The highest BCUT2D eigenvalue weighted by atomic mass is 32.1. The summed E-state index contributed by atoms with van der Waals surface area (Å²) in [6, 6.07) is 1.33. The quantitative estimate of drug-likeness (QED) is 0.881. The Hall–Kier alpha value is -1.77. The van der Waals surface area contributed by atoms with E-state index in [2.05, 4.69) is 10.3 Å². The van der Waals surface area contributed by atoms with Crippen LogP contribution in [0.4, 0.5) is 0 Å². The van der Waals surface area contributed by atoms with Gasteiger partial charge in [-0.05, 0) is 25.7 Å². The van der Waals surface area contributed by atoms with Crippen molar-refractivity contribution in [1.82, 2.24) is 14.7 Å². The van der Waals surface area contributed by atoms with Gasteiger partial charge in [0.05, 0.1) is 5.60 Å². The summed E-state index contributed by atoms with van der Waals surface area (Å²) in [7, 11) is 0. The van der Waals surface area contributed by atoms with Gasteiger partial charge in [-0.25, -0.2) is 0 Å². The van der Waals surface area contributed by atoms with Crippen LogP contribution < -0.4 is 10.9 Å². The van der Waals surface area contributed by atoms with Crippen molar-refractivity contribution < 1.29 is 14.3 Å². The van der Waals surface area contributed by atoms with E-state index in [1.54, 1.807) is 10.6 Å². The van der Waals surface area contributed by atoms with E-state index in [0.717, 1.165) is 25.7 Å². The van der Waals surface area contributed by atoms with E-state index in [1.807, 2.05) is 5.38 Å². The number of ether oxygens (including phenoxy) is 2. The molecular weight excluding hydrogens is 330 g/mol. The third-order valence-corrected chi connectivity index (χ3v) is 5.54. The minimum Gasteiger partial charge on any atom is -0.381 e. The Morgan fingerprint density at radius 3 is 3.04 bits per heavy atom. The maximum atomic E-state index is 12.7. The molecule has 2 saturated heterocycles. The fourth-order valence-corrected chi connectivity index (χ4v) is 4.25. The van der Waals surface area contributed by atoms with E-state index in [0.29, 0.717) is 30.5 Å². The second kappa shape index (κ2) is 6.27. The fraction of sp³-hybridized carbons (Fsp3) is 0.562. The highest BCUT2D eigenvalue weighted by Crippen LogP contribution is 2.34. The second-order valence-electron chi connectivity index (χ2n) is 6.34. The Kier molecular flexibility index (Phi) is 4.11. The molecule has 0 radical (unpaired) electrons. The molecule has 128 valence electrons. The lowest BCUT2D eigenvalue weighted by Crippen LogP contribution is -2.51. The van der Waals surface area contributed by atoms with Crippen LogP contribution >= 0.6 is 11.3 Å². The van der Waals surface area contributed by atoms with Crippen molar-refractivity contribution in [2.75, 3.05) is 19.8 Å². The number of thiazole rings is 1. The summed E-state index contributed by atoms with van der Waals surface area (Å²) in [4.78, 5) is 28.8. The van der Waals surface area contributed by atoms with Gasteiger partial charge in [0.15, 0.2) is 4.96 Å². The molecule has 2 aliphatic rings. The van der Waals surface area contributed by atoms with Crippen molar-refractivity contribution in [2.24, 2.45) is 0 Å².